The Kier molecular flexibility index (Phi) is 7.41. The van der Waals surface area contributed by atoms with Crippen LogP contribution in [0.2, 0.25) is 5.02 Å². The molecule has 0 bridgehead atoms. The number of aromatic nitrogens is 3. The number of carbonyl (C=O) groups is 2. The molecule has 1 aromatic carbocycles. The number of esters is 1. The zero-order valence-corrected chi connectivity index (χ0v) is 20.5. The number of benzene rings is 1. The number of ether oxygens (including phenoxy) is 2. The van der Waals surface area contributed by atoms with E-state index in [4.69, 9.17) is 21.1 Å². The van der Waals surface area contributed by atoms with Gasteiger partial charge in [-0.25, -0.2) is 9.78 Å². The number of pyridine rings is 2. The summed E-state index contributed by atoms with van der Waals surface area (Å²) in [5.74, 6) is -1.87. The summed E-state index contributed by atoms with van der Waals surface area (Å²) in [5, 5.41) is 11.7. The second-order valence-corrected chi connectivity index (χ2v) is 8.10. The lowest BCUT2D eigenvalue weighted by Gasteiger charge is -2.15. The van der Waals surface area contributed by atoms with Crippen LogP contribution in [0, 0.1) is 10.1 Å². The molecule has 1 amide bonds. The van der Waals surface area contributed by atoms with Crippen LogP contribution in [0.3, 0.4) is 0 Å². The van der Waals surface area contributed by atoms with E-state index < -0.39 is 28.0 Å². The van der Waals surface area contributed by atoms with Crippen molar-refractivity contribution in [2.24, 2.45) is 4.99 Å². The molecular weight excluding hydrogens is 506 g/mol. The van der Waals surface area contributed by atoms with E-state index in [1.807, 2.05) is 0 Å². The molecule has 4 aromatic rings. The smallest absolute Gasteiger partial charge is 0.341 e. The molecule has 12 nitrogen and oxygen atoms in total. The minimum absolute atomic E-state index is 0.0110. The van der Waals surface area contributed by atoms with Crippen molar-refractivity contribution in [2.45, 2.75) is 13.5 Å². The number of hydrogen-bond acceptors (Lipinski definition) is 8. The molecule has 37 heavy (non-hydrogen) atoms. The summed E-state index contributed by atoms with van der Waals surface area (Å²) in [6.07, 6.45) is 1.54. The van der Waals surface area contributed by atoms with E-state index in [9.17, 15) is 24.5 Å². The van der Waals surface area contributed by atoms with Crippen molar-refractivity contribution in [3.05, 3.63) is 90.8 Å². The summed E-state index contributed by atoms with van der Waals surface area (Å²) in [5.41, 5.74) is -1.29. The van der Waals surface area contributed by atoms with Gasteiger partial charge in [0, 0.05) is 30.9 Å². The molecule has 3 heterocycles. The highest BCUT2D eigenvalue weighted by Gasteiger charge is 2.23. The minimum Gasteiger partial charge on any atom is -0.462 e. The maximum atomic E-state index is 13.3. The Balaban J connectivity index is 2.13. The van der Waals surface area contributed by atoms with Crippen LogP contribution in [0.25, 0.3) is 16.7 Å². The second-order valence-electron chi connectivity index (χ2n) is 7.67. The Morgan fingerprint density at radius 1 is 1.19 bits per heavy atom. The molecule has 0 N–H and O–H groups in total. The maximum absolute atomic E-state index is 13.3. The van der Waals surface area contributed by atoms with E-state index in [2.05, 4.69) is 9.98 Å². The summed E-state index contributed by atoms with van der Waals surface area (Å²) in [4.78, 5) is 58.9. The summed E-state index contributed by atoms with van der Waals surface area (Å²) < 4.78 is 13.0. The number of halogens is 1. The number of amides is 1. The molecule has 0 unspecified atom stereocenters. The van der Waals surface area contributed by atoms with Gasteiger partial charge < -0.3 is 14.0 Å². The average Bonchev–Trinajstić information content (AvgIpc) is 2.88. The van der Waals surface area contributed by atoms with E-state index in [0.29, 0.717) is 5.65 Å². The number of rotatable bonds is 7. The van der Waals surface area contributed by atoms with Crippen LogP contribution in [-0.4, -0.2) is 51.1 Å². The van der Waals surface area contributed by atoms with Crippen molar-refractivity contribution >= 4 is 45.8 Å². The molecule has 0 fully saturated rings. The molecule has 0 spiro atoms. The summed E-state index contributed by atoms with van der Waals surface area (Å²) in [6.45, 7) is 1.76. The van der Waals surface area contributed by atoms with Crippen LogP contribution in [0.15, 0.2) is 58.4 Å². The van der Waals surface area contributed by atoms with Crippen LogP contribution in [0.5, 0.6) is 0 Å². The standard InChI is InChI=1S/C24H20ClN5O7/c1-3-37-24(33)17-13-16-20(26-19-6-4-5-9-28(19)23(16)32)29(10-11-36-2)21(17)27-22(31)15-12-14(25)7-8-18(15)30(34)35/h4-9,12-13H,3,10-11H2,1-2H3. The number of nitro groups is 1. The Hall–Kier alpha value is -4.42. The third-order valence-corrected chi connectivity index (χ3v) is 5.63. The Morgan fingerprint density at radius 2 is 1.97 bits per heavy atom. The zero-order valence-electron chi connectivity index (χ0n) is 19.7. The highest BCUT2D eigenvalue weighted by molar-refractivity contribution is 6.31. The normalized spacial score (nSPS) is 11.7. The van der Waals surface area contributed by atoms with E-state index in [1.165, 1.54) is 34.4 Å². The average molecular weight is 526 g/mol. The van der Waals surface area contributed by atoms with E-state index in [-0.39, 0.29) is 52.4 Å². The van der Waals surface area contributed by atoms with Crippen molar-refractivity contribution in [1.29, 1.82) is 0 Å². The highest BCUT2D eigenvalue weighted by Crippen LogP contribution is 2.23. The lowest BCUT2D eigenvalue weighted by molar-refractivity contribution is -0.385. The third kappa shape index (κ3) is 4.97. The largest absolute Gasteiger partial charge is 0.462 e. The first-order valence-corrected chi connectivity index (χ1v) is 11.4. The zero-order chi connectivity index (χ0) is 26.7. The molecular formula is C24H20ClN5O7. The molecule has 0 aliphatic carbocycles. The number of carbonyl (C=O) groups excluding carboxylic acids is 2. The van der Waals surface area contributed by atoms with Gasteiger partial charge in [0.15, 0.2) is 5.49 Å². The molecule has 0 saturated heterocycles. The molecule has 3 aromatic heterocycles. The van der Waals surface area contributed by atoms with Crippen LogP contribution in [-0.2, 0) is 16.0 Å². The fourth-order valence-corrected chi connectivity index (χ4v) is 3.92. The number of hydrogen-bond donors (Lipinski definition) is 0. The Morgan fingerprint density at radius 3 is 2.68 bits per heavy atom. The van der Waals surface area contributed by atoms with Crippen molar-refractivity contribution in [3.8, 4) is 0 Å². The quantitative estimate of drug-likeness (QED) is 0.155. The van der Waals surface area contributed by atoms with Crippen molar-refractivity contribution in [1.82, 2.24) is 14.0 Å². The molecule has 0 radical (unpaired) electrons. The number of nitrogens with zero attached hydrogens (tertiary/aromatic N) is 5. The molecule has 190 valence electrons. The Labute approximate surface area is 213 Å². The summed E-state index contributed by atoms with van der Waals surface area (Å²) in [7, 11) is 1.45. The van der Waals surface area contributed by atoms with Crippen molar-refractivity contribution in [2.75, 3.05) is 20.3 Å². The predicted molar refractivity (Wildman–Crippen MR) is 133 cm³/mol. The van der Waals surface area contributed by atoms with Gasteiger partial charge in [-0.3, -0.25) is 24.1 Å². The first-order chi connectivity index (χ1) is 17.8. The van der Waals surface area contributed by atoms with Gasteiger partial charge in [0.25, 0.3) is 17.2 Å². The van der Waals surface area contributed by atoms with Crippen molar-refractivity contribution in [3.63, 3.8) is 0 Å². The molecule has 0 atom stereocenters. The SMILES string of the molecule is CCOC(=O)c1cc2c(=O)n3ccccc3nc2n(CCOC)c1=NC(=O)c1cc(Cl)ccc1[N+](=O)[O-]. The summed E-state index contributed by atoms with van der Waals surface area (Å²) in [6, 6.07) is 9.72. The van der Waals surface area contributed by atoms with E-state index >= 15 is 0 Å². The van der Waals surface area contributed by atoms with Crippen LogP contribution >= 0.6 is 11.6 Å². The number of methoxy groups -OCH3 is 1. The fourth-order valence-electron chi connectivity index (χ4n) is 3.75. The fraction of sp³-hybridized carbons (Fsp3) is 0.208. The van der Waals surface area contributed by atoms with Gasteiger partial charge in [-0.05, 0) is 37.3 Å². The topological polar surface area (TPSA) is 147 Å². The van der Waals surface area contributed by atoms with Gasteiger partial charge in [0.05, 0.1) is 23.5 Å². The van der Waals surface area contributed by atoms with Crippen LogP contribution < -0.4 is 11.0 Å². The van der Waals surface area contributed by atoms with Crippen LogP contribution in [0.1, 0.15) is 27.6 Å². The van der Waals surface area contributed by atoms with E-state index in [0.717, 1.165) is 12.1 Å². The molecule has 0 aliphatic rings. The van der Waals surface area contributed by atoms with Gasteiger partial charge in [-0.2, -0.15) is 4.99 Å². The number of nitro benzene ring substituents is 1. The minimum atomic E-state index is -1.03. The van der Waals surface area contributed by atoms with E-state index in [1.54, 1.807) is 25.1 Å². The third-order valence-electron chi connectivity index (χ3n) is 5.40. The van der Waals surface area contributed by atoms with Crippen LogP contribution in [0.4, 0.5) is 5.69 Å². The first-order valence-electron chi connectivity index (χ1n) is 11.0. The highest BCUT2D eigenvalue weighted by atomic mass is 35.5. The number of fused-ring (bicyclic) bond motifs is 2. The van der Waals surface area contributed by atoms with Crippen molar-refractivity contribution < 1.29 is 24.0 Å². The molecule has 4 rings (SSSR count). The van der Waals surface area contributed by atoms with Gasteiger partial charge in [0.1, 0.15) is 22.4 Å². The Bertz CT molecular complexity index is 1690. The lowest BCUT2D eigenvalue weighted by Crippen LogP contribution is -2.33. The molecule has 13 heteroatoms. The molecule has 0 aliphatic heterocycles. The van der Waals surface area contributed by atoms with Gasteiger partial charge in [0.2, 0.25) is 0 Å². The van der Waals surface area contributed by atoms with Gasteiger partial charge in [-0.15, -0.1) is 0 Å². The van der Waals surface area contributed by atoms with Gasteiger partial charge in [-0.1, -0.05) is 17.7 Å². The first kappa shape index (κ1) is 25.7. The molecule has 0 saturated carbocycles. The maximum Gasteiger partial charge on any atom is 0.341 e. The summed E-state index contributed by atoms with van der Waals surface area (Å²) >= 11 is 5.98. The second kappa shape index (κ2) is 10.7. The predicted octanol–water partition coefficient (Wildman–Crippen LogP) is 2.78. The monoisotopic (exact) mass is 525 g/mol. The lowest BCUT2D eigenvalue weighted by atomic mass is 10.1. The van der Waals surface area contributed by atoms with Gasteiger partial charge >= 0.3 is 5.97 Å².